The van der Waals surface area contributed by atoms with Crippen LogP contribution in [-0.4, -0.2) is 25.1 Å². The molecule has 0 aliphatic rings. The molecule has 0 heterocycles. The fraction of sp³-hybridized carbons (Fsp3) is 0.435. The zero-order valence-corrected chi connectivity index (χ0v) is 17.4. The summed E-state index contributed by atoms with van der Waals surface area (Å²) < 4.78 is 5.92. The minimum Gasteiger partial charge on any atom is -0.481 e. The molecule has 2 aromatic carbocycles. The van der Waals surface area contributed by atoms with E-state index in [0.29, 0.717) is 6.54 Å². The number of nitrogens with one attached hydrogen (secondary N) is 1. The topological polar surface area (TPSA) is 41.6 Å². The van der Waals surface area contributed by atoms with Crippen molar-refractivity contribution >= 4 is 11.6 Å². The molecule has 0 radical (unpaired) electrons. The molecule has 2 rings (SSSR count). The number of benzene rings is 2. The van der Waals surface area contributed by atoms with Gasteiger partial charge in [0.1, 0.15) is 5.75 Å². The van der Waals surface area contributed by atoms with Crippen LogP contribution in [0.3, 0.4) is 0 Å². The highest BCUT2D eigenvalue weighted by Crippen LogP contribution is 2.24. The van der Waals surface area contributed by atoms with Gasteiger partial charge in [0.2, 0.25) is 0 Å². The molecule has 0 saturated carbocycles. The van der Waals surface area contributed by atoms with Gasteiger partial charge in [-0.1, -0.05) is 18.2 Å². The molecule has 1 N–H and O–H groups in total. The average molecular weight is 369 g/mol. The maximum absolute atomic E-state index is 12.4. The number of anilines is 1. The summed E-state index contributed by atoms with van der Waals surface area (Å²) in [5.41, 5.74) is 5.67. The summed E-state index contributed by atoms with van der Waals surface area (Å²) in [6, 6.07) is 12.4. The Bertz CT molecular complexity index is 765. The van der Waals surface area contributed by atoms with Gasteiger partial charge in [-0.2, -0.15) is 0 Å². The monoisotopic (exact) mass is 368 g/mol. The number of carbonyl (C=O) groups is 1. The number of carbonyl (C=O) groups excluding carboxylic acids is 1. The number of hydrogen-bond donors (Lipinski definition) is 1. The van der Waals surface area contributed by atoms with Crippen molar-refractivity contribution in [2.45, 2.75) is 54.2 Å². The van der Waals surface area contributed by atoms with Crippen LogP contribution in [0.2, 0.25) is 0 Å². The van der Waals surface area contributed by atoms with Gasteiger partial charge in [-0.05, 0) is 82.0 Å². The summed E-state index contributed by atoms with van der Waals surface area (Å²) in [4.78, 5) is 14.7. The molecule has 1 unspecified atom stereocenters. The van der Waals surface area contributed by atoms with Gasteiger partial charge in [-0.3, -0.25) is 4.79 Å². The first-order chi connectivity index (χ1) is 12.8. The third kappa shape index (κ3) is 5.49. The van der Waals surface area contributed by atoms with Gasteiger partial charge in [-0.15, -0.1) is 0 Å². The molecule has 0 spiro atoms. The van der Waals surface area contributed by atoms with Crippen LogP contribution in [0, 0.1) is 20.8 Å². The average Bonchev–Trinajstić information content (AvgIpc) is 2.65. The molecule has 1 amide bonds. The van der Waals surface area contributed by atoms with E-state index in [1.165, 1.54) is 11.3 Å². The van der Waals surface area contributed by atoms with Crippen LogP contribution in [0.1, 0.15) is 43.0 Å². The molecule has 1 atom stereocenters. The second-order valence-corrected chi connectivity index (χ2v) is 7.02. The molecule has 0 aromatic heterocycles. The molecule has 0 saturated heterocycles. The second kappa shape index (κ2) is 9.45. The normalized spacial score (nSPS) is 11.8. The largest absolute Gasteiger partial charge is 0.481 e. The summed E-state index contributed by atoms with van der Waals surface area (Å²) in [6.45, 7) is 14.7. The SMILES string of the molecule is CCN(CC)c1ccc(CNC(=O)C(C)Oc2cc(C)cc(C)c2C)cc1. The lowest BCUT2D eigenvalue weighted by molar-refractivity contribution is -0.127. The predicted octanol–water partition coefficient (Wildman–Crippen LogP) is 4.54. The molecular weight excluding hydrogens is 336 g/mol. The van der Waals surface area contributed by atoms with Crippen molar-refractivity contribution < 1.29 is 9.53 Å². The Morgan fingerprint density at radius 3 is 2.30 bits per heavy atom. The number of hydrogen-bond acceptors (Lipinski definition) is 3. The van der Waals surface area contributed by atoms with E-state index in [9.17, 15) is 4.79 Å². The van der Waals surface area contributed by atoms with E-state index < -0.39 is 6.10 Å². The maximum Gasteiger partial charge on any atom is 0.261 e. The Morgan fingerprint density at radius 1 is 1.07 bits per heavy atom. The number of nitrogens with zero attached hydrogens (tertiary/aromatic N) is 1. The molecule has 146 valence electrons. The van der Waals surface area contributed by atoms with E-state index in [0.717, 1.165) is 35.5 Å². The Kier molecular flexibility index (Phi) is 7.28. The Balaban J connectivity index is 1.93. The van der Waals surface area contributed by atoms with E-state index in [2.05, 4.69) is 61.3 Å². The molecule has 2 aromatic rings. The van der Waals surface area contributed by atoms with E-state index in [1.54, 1.807) is 6.92 Å². The van der Waals surface area contributed by atoms with Crippen LogP contribution < -0.4 is 15.0 Å². The van der Waals surface area contributed by atoms with E-state index in [4.69, 9.17) is 4.74 Å². The summed E-state index contributed by atoms with van der Waals surface area (Å²) in [5.74, 6) is 0.667. The number of amides is 1. The van der Waals surface area contributed by atoms with Crippen LogP contribution in [-0.2, 0) is 11.3 Å². The van der Waals surface area contributed by atoms with Crippen LogP contribution in [0.5, 0.6) is 5.75 Å². The summed E-state index contributed by atoms with van der Waals surface area (Å²) in [7, 11) is 0. The van der Waals surface area contributed by atoms with E-state index in [1.807, 2.05) is 19.9 Å². The van der Waals surface area contributed by atoms with Crippen molar-refractivity contribution in [1.82, 2.24) is 5.32 Å². The van der Waals surface area contributed by atoms with Crippen molar-refractivity contribution in [1.29, 1.82) is 0 Å². The molecular formula is C23H32N2O2. The highest BCUT2D eigenvalue weighted by Gasteiger charge is 2.16. The van der Waals surface area contributed by atoms with Gasteiger partial charge in [0.05, 0.1) is 0 Å². The number of aryl methyl sites for hydroxylation is 2. The van der Waals surface area contributed by atoms with Crippen LogP contribution in [0.15, 0.2) is 36.4 Å². The summed E-state index contributed by atoms with van der Waals surface area (Å²) >= 11 is 0. The molecule has 4 nitrogen and oxygen atoms in total. The Morgan fingerprint density at radius 2 is 1.70 bits per heavy atom. The van der Waals surface area contributed by atoms with Gasteiger partial charge in [0, 0.05) is 25.3 Å². The van der Waals surface area contributed by atoms with Crippen LogP contribution in [0.25, 0.3) is 0 Å². The quantitative estimate of drug-likeness (QED) is 0.744. The standard InChI is InChI=1S/C23H32N2O2/c1-7-25(8-2)21-11-9-20(10-12-21)15-24-23(26)19(6)27-22-14-16(3)13-17(4)18(22)5/h9-14,19H,7-8,15H2,1-6H3,(H,24,26). The first-order valence-corrected chi connectivity index (χ1v) is 9.71. The maximum atomic E-state index is 12.4. The zero-order valence-electron chi connectivity index (χ0n) is 17.4. The molecule has 27 heavy (non-hydrogen) atoms. The van der Waals surface area contributed by atoms with E-state index >= 15 is 0 Å². The van der Waals surface area contributed by atoms with Crippen molar-refractivity contribution in [3.05, 3.63) is 58.7 Å². The molecule has 0 aliphatic carbocycles. The summed E-state index contributed by atoms with van der Waals surface area (Å²) in [6.07, 6.45) is -0.542. The minimum atomic E-state index is -0.542. The lowest BCUT2D eigenvalue weighted by Gasteiger charge is -2.21. The number of ether oxygens (including phenoxy) is 1. The lowest BCUT2D eigenvalue weighted by Crippen LogP contribution is -2.36. The predicted molar refractivity (Wildman–Crippen MR) is 113 cm³/mol. The van der Waals surface area contributed by atoms with Crippen LogP contribution in [0.4, 0.5) is 5.69 Å². The van der Waals surface area contributed by atoms with E-state index in [-0.39, 0.29) is 5.91 Å². The molecule has 0 bridgehead atoms. The fourth-order valence-electron chi connectivity index (χ4n) is 3.11. The van der Waals surface area contributed by atoms with Crippen molar-refractivity contribution in [2.75, 3.05) is 18.0 Å². The fourth-order valence-corrected chi connectivity index (χ4v) is 3.11. The van der Waals surface area contributed by atoms with Crippen LogP contribution >= 0.6 is 0 Å². The van der Waals surface area contributed by atoms with Gasteiger partial charge >= 0.3 is 0 Å². The van der Waals surface area contributed by atoms with Crippen molar-refractivity contribution in [3.8, 4) is 5.75 Å². The Hall–Kier alpha value is -2.49. The minimum absolute atomic E-state index is 0.110. The first-order valence-electron chi connectivity index (χ1n) is 9.71. The number of rotatable bonds is 8. The highest BCUT2D eigenvalue weighted by atomic mass is 16.5. The first kappa shape index (κ1) is 20.8. The van der Waals surface area contributed by atoms with Gasteiger partial charge in [0.15, 0.2) is 6.10 Å². The zero-order chi connectivity index (χ0) is 20.0. The third-order valence-corrected chi connectivity index (χ3v) is 4.97. The Labute approximate surface area is 163 Å². The van der Waals surface area contributed by atoms with Gasteiger partial charge in [0.25, 0.3) is 5.91 Å². The third-order valence-electron chi connectivity index (χ3n) is 4.97. The van der Waals surface area contributed by atoms with Crippen molar-refractivity contribution in [2.24, 2.45) is 0 Å². The molecule has 4 heteroatoms. The van der Waals surface area contributed by atoms with Gasteiger partial charge in [-0.25, -0.2) is 0 Å². The molecule has 0 fully saturated rings. The second-order valence-electron chi connectivity index (χ2n) is 7.02. The van der Waals surface area contributed by atoms with Crippen molar-refractivity contribution in [3.63, 3.8) is 0 Å². The highest BCUT2D eigenvalue weighted by molar-refractivity contribution is 5.80. The summed E-state index contributed by atoms with van der Waals surface area (Å²) in [5, 5.41) is 2.97. The lowest BCUT2D eigenvalue weighted by atomic mass is 10.1. The molecule has 0 aliphatic heterocycles. The van der Waals surface area contributed by atoms with Gasteiger partial charge < -0.3 is 15.0 Å². The smallest absolute Gasteiger partial charge is 0.261 e.